The third-order valence-electron chi connectivity index (χ3n) is 2.71. The minimum atomic E-state index is -0.813. The molecule has 1 N–H and O–H groups in total. The van der Waals surface area contributed by atoms with E-state index in [1.54, 1.807) is 26.1 Å². The van der Waals surface area contributed by atoms with Crippen molar-refractivity contribution in [2.45, 2.75) is 20.0 Å². The summed E-state index contributed by atoms with van der Waals surface area (Å²) in [5.74, 6) is 0. The lowest BCUT2D eigenvalue weighted by Crippen LogP contribution is -2.05. The van der Waals surface area contributed by atoms with E-state index in [1.165, 1.54) is 11.3 Å². The van der Waals surface area contributed by atoms with Crippen molar-refractivity contribution >= 4 is 34.3 Å². The molecule has 1 aromatic heterocycles. The maximum atomic E-state index is 10.4. The highest BCUT2D eigenvalue weighted by atomic mass is 35.5. The monoisotopic (exact) mass is 340 g/mol. The van der Waals surface area contributed by atoms with Crippen LogP contribution in [0.3, 0.4) is 0 Å². The van der Waals surface area contributed by atoms with Gasteiger partial charge in [0.15, 0.2) is 0 Å². The van der Waals surface area contributed by atoms with Crippen LogP contribution in [0.4, 0.5) is 5.13 Å². The van der Waals surface area contributed by atoms with Crippen molar-refractivity contribution in [2.24, 2.45) is 5.10 Å². The first kappa shape index (κ1) is 16.2. The third-order valence-corrected chi connectivity index (χ3v) is 4.28. The molecular weight excluding hydrogens is 328 g/mol. The molecule has 0 radical (unpaired) electrons. The molecule has 116 valence electrons. The van der Waals surface area contributed by atoms with Crippen molar-refractivity contribution in [1.29, 1.82) is 0 Å². The number of hydrogen-bond donors (Lipinski definition) is 1. The Kier molecular flexibility index (Phi) is 5.29. The standard InChI is InChI=1S/C13H13ClN4O3S/c1-8-12(9(2)21-18(19)20)22-13(16-8)17-15-7-10-5-3-4-6-11(10)14/h3-7,9H,1-2H3,(H,16,17). The van der Waals surface area contributed by atoms with Crippen LogP contribution in [0.5, 0.6) is 0 Å². The Morgan fingerprint density at radius 1 is 1.55 bits per heavy atom. The maximum Gasteiger partial charge on any atom is 0.295 e. The fourth-order valence-corrected chi connectivity index (χ4v) is 2.82. The summed E-state index contributed by atoms with van der Waals surface area (Å²) in [6, 6.07) is 7.29. The zero-order valence-electron chi connectivity index (χ0n) is 11.8. The van der Waals surface area contributed by atoms with Gasteiger partial charge in [-0.05, 0) is 19.9 Å². The van der Waals surface area contributed by atoms with Gasteiger partial charge in [0.2, 0.25) is 5.13 Å². The summed E-state index contributed by atoms with van der Waals surface area (Å²) in [7, 11) is 0. The summed E-state index contributed by atoms with van der Waals surface area (Å²) in [6.45, 7) is 3.36. The van der Waals surface area contributed by atoms with Gasteiger partial charge < -0.3 is 4.84 Å². The highest BCUT2D eigenvalue weighted by Gasteiger charge is 2.17. The lowest BCUT2D eigenvalue weighted by atomic mass is 10.2. The topological polar surface area (TPSA) is 89.7 Å². The average Bonchev–Trinajstić information content (AvgIpc) is 2.81. The van der Waals surface area contributed by atoms with Gasteiger partial charge in [0, 0.05) is 10.6 Å². The Morgan fingerprint density at radius 3 is 2.95 bits per heavy atom. The first-order valence-electron chi connectivity index (χ1n) is 6.29. The van der Waals surface area contributed by atoms with Crippen molar-refractivity contribution < 1.29 is 9.92 Å². The van der Waals surface area contributed by atoms with Crippen molar-refractivity contribution in [2.75, 3.05) is 5.43 Å². The number of hydrogen-bond acceptors (Lipinski definition) is 7. The van der Waals surface area contributed by atoms with E-state index in [0.717, 1.165) is 5.56 Å². The van der Waals surface area contributed by atoms with Crippen LogP contribution in [0.15, 0.2) is 29.4 Å². The quantitative estimate of drug-likeness (QED) is 0.490. The lowest BCUT2D eigenvalue weighted by molar-refractivity contribution is -0.769. The van der Waals surface area contributed by atoms with Gasteiger partial charge in [0.05, 0.1) is 16.8 Å². The van der Waals surface area contributed by atoms with E-state index in [0.29, 0.717) is 20.7 Å². The molecule has 1 atom stereocenters. The van der Waals surface area contributed by atoms with Gasteiger partial charge in [-0.2, -0.15) is 5.10 Å². The molecule has 7 nitrogen and oxygen atoms in total. The normalized spacial score (nSPS) is 12.3. The second-order valence-electron chi connectivity index (χ2n) is 4.33. The van der Waals surface area contributed by atoms with Crippen LogP contribution in [-0.2, 0) is 4.84 Å². The van der Waals surface area contributed by atoms with Crippen LogP contribution in [0, 0.1) is 17.0 Å². The first-order chi connectivity index (χ1) is 10.5. The molecule has 0 saturated carbocycles. The number of rotatable bonds is 6. The number of aromatic nitrogens is 1. The first-order valence-corrected chi connectivity index (χ1v) is 7.49. The molecule has 9 heteroatoms. The molecule has 0 aliphatic rings. The number of halogens is 1. The fraction of sp³-hybridized carbons (Fsp3) is 0.231. The van der Waals surface area contributed by atoms with Crippen LogP contribution in [0.1, 0.15) is 29.2 Å². The van der Waals surface area contributed by atoms with Crippen molar-refractivity contribution in [1.82, 2.24) is 4.98 Å². The summed E-state index contributed by atoms with van der Waals surface area (Å²) < 4.78 is 0. The van der Waals surface area contributed by atoms with Crippen molar-refractivity contribution in [3.05, 3.63) is 55.5 Å². The fourth-order valence-electron chi connectivity index (χ4n) is 1.75. The highest BCUT2D eigenvalue weighted by molar-refractivity contribution is 7.15. The second kappa shape index (κ2) is 7.19. The molecule has 0 saturated heterocycles. The predicted octanol–water partition coefficient (Wildman–Crippen LogP) is 3.82. The molecular formula is C13H13ClN4O3S. The van der Waals surface area contributed by atoms with E-state index >= 15 is 0 Å². The summed E-state index contributed by atoms with van der Waals surface area (Å²) in [4.78, 5) is 19.8. The van der Waals surface area contributed by atoms with Crippen LogP contribution >= 0.6 is 22.9 Å². The van der Waals surface area contributed by atoms with Gasteiger partial charge in [-0.15, -0.1) is 10.1 Å². The number of nitrogens with zero attached hydrogens (tertiary/aromatic N) is 3. The minimum absolute atomic E-state index is 0.523. The van der Waals surface area contributed by atoms with Crippen LogP contribution in [0.2, 0.25) is 5.02 Å². The van der Waals surface area contributed by atoms with Gasteiger partial charge in [-0.3, -0.25) is 5.43 Å². The Balaban J connectivity index is 2.05. The third kappa shape index (κ3) is 4.15. The molecule has 1 aromatic carbocycles. The molecule has 0 amide bonds. The Hall–Kier alpha value is -2.19. The summed E-state index contributed by atoms with van der Waals surface area (Å²) in [6.07, 6.45) is 0.908. The van der Waals surface area contributed by atoms with E-state index in [2.05, 4.69) is 20.3 Å². The Bertz CT molecular complexity index is 704. The van der Waals surface area contributed by atoms with Crippen LogP contribution in [-0.4, -0.2) is 16.3 Å². The zero-order chi connectivity index (χ0) is 16.1. The van der Waals surface area contributed by atoms with E-state index in [1.807, 2.05) is 18.2 Å². The van der Waals surface area contributed by atoms with Crippen molar-refractivity contribution in [3.63, 3.8) is 0 Å². The maximum absolute atomic E-state index is 10.4. The zero-order valence-corrected chi connectivity index (χ0v) is 13.4. The molecule has 1 heterocycles. The average molecular weight is 341 g/mol. The smallest absolute Gasteiger partial charge is 0.295 e. The number of benzene rings is 1. The summed E-state index contributed by atoms with van der Waals surface area (Å²) >= 11 is 7.26. The van der Waals surface area contributed by atoms with E-state index in [9.17, 15) is 10.1 Å². The molecule has 0 bridgehead atoms. The Labute approximate surface area is 135 Å². The predicted molar refractivity (Wildman–Crippen MR) is 86.0 cm³/mol. The summed E-state index contributed by atoms with van der Waals surface area (Å²) in [5.41, 5.74) is 4.22. The van der Waals surface area contributed by atoms with Gasteiger partial charge in [0.25, 0.3) is 5.09 Å². The molecule has 22 heavy (non-hydrogen) atoms. The molecule has 2 aromatic rings. The largest absolute Gasteiger partial charge is 0.305 e. The molecule has 2 rings (SSSR count). The molecule has 0 fully saturated rings. The highest BCUT2D eigenvalue weighted by Crippen LogP contribution is 2.30. The molecule has 0 aliphatic carbocycles. The minimum Gasteiger partial charge on any atom is -0.305 e. The number of anilines is 1. The van der Waals surface area contributed by atoms with E-state index in [-0.39, 0.29) is 0 Å². The van der Waals surface area contributed by atoms with Gasteiger partial charge in [-0.25, -0.2) is 4.98 Å². The SMILES string of the molecule is Cc1nc(NN=Cc2ccccc2Cl)sc1C(C)O[N+](=O)[O-]. The van der Waals surface area contributed by atoms with E-state index in [4.69, 9.17) is 11.6 Å². The van der Waals surface area contributed by atoms with Gasteiger partial charge in [0.1, 0.15) is 6.10 Å². The van der Waals surface area contributed by atoms with Crippen LogP contribution < -0.4 is 5.43 Å². The number of aryl methyl sites for hydroxylation is 1. The summed E-state index contributed by atoms with van der Waals surface area (Å²) in [5, 5.41) is 14.7. The molecule has 0 spiro atoms. The van der Waals surface area contributed by atoms with E-state index < -0.39 is 11.2 Å². The van der Waals surface area contributed by atoms with Crippen LogP contribution in [0.25, 0.3) is 0 Å². The van der Waals surface area contributed by atoms with Crippen molar-refractivity contribution in [3.8, 4) is 0 Å². The molecule has 1 unspecified atom stereocenters. The number of nitrogens with one attached hydrogen (secondary N) is 1. The lowest BCUT2D eigenvalue weighted by Gasteiger charge is -2.06. The second-order valence-corrected chi connectivity index (χ2v) is 5.77. The van der Waals surface area contributed by atoms with Gasteiger partial charge in [-0.1, -0.05) is 41.1 Å². The molecule has 0 aliphatic heterocycles. The van der Waals surface area contributed by atoms with Gasteiger partial charge >= 0.3 is 0 Å². The number of thiazole rings is 1. The Morgan fingerprint density at radius 2 is 2.27 bits per heavy atom. The number of hydrazone groups is 1.